The van der Waals surface area contributed by atoms with Crippen LogP contribution in [-0.4, -0.2) is 17.5 Å². The maximum absolute atomic E-state index is 11.0. The topological polar surface area (TPSA) is 66.4 Å². The third kappa shape index (κ3) is 1.74. The van der Waals surface area contributed by atoms with Crippen LogP contribution in [0, 0.1) is 0 Å². The van der Waals surface area contributed by atoms with Crippen LogP contribution >= 0.6 is 0 Å². The molecule has 1 atom stereocenters. The average molecular weight is 193 g/mol. The van der Waals surface area contributed by atoms with Crippen molar-refractivity contribution in [3.05, 3.63) is 35.9 Å². The summed E-state index contributed by atoms with van der Waals surface area (Å²) in [7, 11) is 0. The average Bonchev–Trinajstić information content (AvgIpc) is 2.19. The largest absolute Gasteiger partial charge is 0.479 e. The van der Waals surface area contributed by atoms with Crippen molar-refractivity contribution < 1.29 is 14.7 Å². The number of carbonyl (C=O) groups excluding carboxylic acids is 1. The van der Waals surface area contributed by atoms with Gasteiger partial charge in [0.15, 0.2) is 5.54 Å². The maximum atomic E-state index is 11.0. The third-order valence-electron chi connectivity index (χ3n) is 2.13. The summed E-state index contributed by atoms with van der Waals surface area (Å²) in [5.41, 5.74) is -0.817. The Hall–Kier alpha value is -1.84. The molecule has 0 radical (unpaired) electrons. The van der Waals surface area contributed by atoms with Crippen molar-refractivity contribution in [3.63, 3.8) is 0 Å². The molecule has 1 amide bonds. The van der Waals surface area contributed by atoms with Crippen molar-refractivity contribution in [2.75, 3.05) is 0 Å². The smallest absolute Gasteiger partial charge is 0.333 e. The molecule has 0 aliphatic heterocycles. The van der Waals surface area contributed by atoms with E-state index < -0.39 is 11.5 Å². The Morgan fingerprint density at radius 2 is 2.00 bits per heavy atom. The van der Waals surface area contributed by atoms with Gasteiger partial charge in [-0.2, -0.15) is 0 Å². The molecule has 0 aromatic heterocycles. The molecule has 1 aromatic carbocycles. The van der Waals surface area contributed by atoms with Crippen LogP contribution in [-0.2, 0) is 15.1 Å². The second kappa shape index (κ2) is 3.91. The zero-order chi connectivity index (χ0) is 10.6. The van der Waals surface area contributed by atoms with Gasteiger partial charge in [0, 0.05) is 0 Å². The van der Waals surface area contributed by atoms with Crippen molar-refractivity contribution in [2.45, 2.75) is 12.5 Å². The second-order valence-corrected chi connectivity index (χ2v) is 3.06. The summed E-state index contributed by atoms with van der Waals surface area (Å²) in [4.78, 5) is 21.3. The number of carboxylic acid groups (broad SMARTS) is 1. The number of aliphatic carboxylic acids is 1. The molecular weight excluding hydrogens is 182 g/mol. The fraction of sp³-hybridized carbons (Fsp3) is 0.200. The lowest BCUT2D eigenvalue weighted by atomic mass is 9.92. The summed E-state index contributed by atoms with van der Waals surface area (Å²) in [6.45, 7) is 1.44. The lowest BCUT2D eigenvalue weighted by Crippen LogP contribution is -2.45. The van der Waals surface area contributed by atoms with Crippen molar-refractivity contribution in [1.82, 2.24) is 5.32 Å². The molecule has 1 rings (SSSR count). The minimum Gasteiger partial charge on any atom is -0.479 e. The van der Waals surface area contributed by atoms with E-state index in [1.54, 1.807) is 30.3 Å². The number of carboxylic acids is 1. The van der Waals surface area contributed by atoms with Crippen molar-refractivity contribution in [3.8, 4) is 0 Å². The number of amides is 1. The SMILES string of the molecule is C[C@@](NC=O)(C(=O)O)c1ccccc1. The summed E-state index contributed by atoms with van der Waals surface area (Å²) in [6.07, 6.45) is 0.390. The van der Waals surface area contributed by atoms with Gasteiger partial charge in [0.05, 0.1) is 0 Å². The molecular formula is C10H11NO3. The number of carbonyl (C=O) groups is 2. The number of nitrogens with one attached hydrogen (secondary N) is 1. The van der Waals surface area contributed by atoms with E-state index in [9.17, 15) is 9.59 Å². The Labute approximate surface area is 81.6 Å². The molecule has 14 heavy (non-hydrogen) atoms. The summed E-state index contributed by atoms with van der Waals surface area (Å²) >= 11 is 0. The fourth-order valence-corrected chi connectivity index (χ4v) is 1.16. The first-order valence-corrected chi connectivity index (χ1v) is 4.11. The monoisotopic (exact) mass is 193 g/mol. The van der Waals surface area contributed by atoms with Crippen LogP contribution in [0.4, 0.5) is 0 Å². The molecule has 4 nitrogen and oxygen atoms in total. The fourth-order valence-electron chi connectivity index (χ4n) is 1.16. The Bertz CT molecular complexity index is 336. The first-order chi connectivity index (χ1) is 6.61. The third-order valence-corrected chi connectivity index (χ3v) is 2.13. The van der Waals surface area contributed by atoms with Gasteiger partial charge in [0.25, 0.3) is 0 Å². The molecule has 0 aliphatic carbocycles. The van der Waals surface area contributed by atoms with Crippen LogP contribution in [0.5, 0.6) is 0 Å². The minimum atomic E-state index is -1.36. The van der Waals surface area contributed by atoms with Crippen molar-refractivity contribution in [2.24, 2.45) is 0 Å². The molecule has 2 N–H and O–H groups in total. The number of hydrogen-bond acceptors (Lipinski definition) is 2. The molecule has 0 unspecified atom stereocenters. The van der Waals surface area contributed by atoms with E-state index in [2.05, 4.69) is 5.32 Å². The molecule has 0 bridgehead atoms. The predicted octanol–water partition coefficient (Wildman–Crippen LogP) is 0.732. The standard InChI is InChI=1S/C10H11NO3/c1-10(9(13)14,11-7-12)8-5-3-2-4-6-8/h2-7H,1H3,(H,11,12)(H,13,14)/t10-/m0/s1. The van der Waals surface area contributed by atoms with Crippen molar-refractivity contribution >= 4 is 12.4 Å². The van der Waals surface area contributed by atoms with E-state index in [4.69, 9.17) is 5.11 Å². The molecule has 74 valence electrons. The van der Waals surface area contributed by atoms with Crippen molar-refractivity contribution in [1.29, 1.82) is 0 Å². The lowest BCUT2D eigenvalue weighted by Gasteiger charge is -2.24. The second-order valence-electron chi connectivity index (χ2n) is 3.06. The summed E-state index contributed by atoms with van der Waals surface area (Å²) < 4.78 is 0. The van der Waals surface area contributed by atoms with Crippen LogP contribution < -0.4 is 5.32 Å². The highest BCUT2D eigenvalue weighted by Gasteiger charge is 2.34. The van der Waals surface area contributed by atoms with E-state index in [1.807, 2.05) is 0 Å². The Morgan fingerprint density at radius 1 is 1.43 bits per heavy atom. The Morgan fingerprint density at radius 3 is 2.43 bits per heavy atom. The van der Waals surface area contributed by atoms with E-state index in [-0.39, 0.29) is 0 Å². The molecule has 0 saturated carbocycles. The molecule has 0 aliphatic rings. The van der Waals surface area contributed by atoms with Crippen LogP contribution in [0.3, 0.4) is 0 Å². The van der Waals surface area contributed by atoms with Crippen LogP contribution in [0.25, 0.3) is 0 Å². The lowest BCUT2D eigenvalue weighted by molar-refractivity contribution is -0.145. The molecule has 1 aromatic rings. The molecule has 4 heteroatoms. The number of hydrogen-bond donors (Lipinski definition) is 2. The first kappa shape index (κ1) is 10.2. The van der Waals surface area contributed by atoms with Gasteiger partial charge < -0.3 is 10.4 Å². The van der Waals surface area contributed by atoms with Gasteiger partial charge in [0.2, 0.25) is 6.41 Å². The minimum absolute atomic E-state index is 0.390. The predicted molar refractivity (Wildman–Crippen MR) is 50.6 cm³/mol. The van der Waals surface area contributed by atoms with E-state index in [0.29, 0.717) is 12.0 Å². The van der Waals surface area contributed by atoms with Gasteiger partial charge in [0.1, 0.15) is 0 Å². The highest BCUT2D eigenvalue weighted by atomic mass is 16.4. The zero-order valence-electron chi connectivity index (χ0n) is 7.73. The van der Waals surface area contributed by atoms with Gasteiger partial charge >= 0.3 is 5.97 Å². The van der Waals surface area contributed by atoms with Crippen LogP contribution in [0.1, 0.15) is 12.5 Å². The van der Waals surface area contributed by atoms with Gasteiger partial charge in [-0.15, -0.1) is 0 Å². The van der Waals surface area contributed by atoms with Gasteiger partial charge in [-0.25, -0.2) is 4.79 Å². The van der Waals surface area contributed by atoms with Gasteiger partial charge in [-0.1, -0.05) is 30.3 Å². The molecule has 0 saturated heterocycles. The quantitative estimate of drug-likeness (QED) is 0.693. The van der Waals surface area contributed by atoms with Crippen LogP contribution in [0.2, 0.25) is 0 Å². The summed E-state index contributed by atoms with van der Waals surface area (Å²) in [5.74, 6) is -1.09. The van der Waals surface area contributed by atoms with Gasteiger partial charge in [-0.3, -0.25) is 4.79 Å². The normalized spacial score (nSPS) is 14.1. The summed E-state index contributed by atoms with van der Waals surface area (Å²) in [6, 6.07) is 8.55. The Kier molecular flexibility index (Phi) is 2.86. The van der Waals surface area contributed by atoms with E-state index in [1.165, 1.54) is 6.92 Å². The maximum Gasteiger partial charge on any atom is 0.333 e. The van der Waals surface area contributed by atoms with E-state index in [0.717, 1.165) is 0 Å². The number of rotatable bonds is 4. The van der Waals surface area contributed by atoms with Gasteiger partial charge in [-0.05, 0) is 12.5 Å². The molecule has 0 fully saturated rings. The summed E-state index contributed by atoms with van der Waals surface area (Å²) in [5, 5.41) is 11.3. The Balaban J connectivity index is 3.12. The highest BCUT2D eigenvalue weighted by molar-refractivity contribution is 5.82. The first-order valence-electron chi connectivity index (χ1n) is 4.11. The number of benzene rings is 1. The molecule has 0 spiro atoms. The molecule has 0 heterocycles. The van der Waals surface area contributed by atoms with E-state index >= 15 is 0 Å². The highest BCUT2D eigenvalue weighted by Crippen LogP contribution is 2.19. The van der Waals surface area contributed by atoms with Crippen LogP contribution in [0.15, 0.2) is 30.3 Å². The zero-order valence-corrected chi connectivity index (χ0v) is 7.73.